The zero-order valence-corrected chi connectivity index (χ0v) is 17.0. The molecule has 0 fully saturated rings. The number of hydrogen-bond donors (Lipinski definition) is 1. The van der Waals surface area contributed by atoms with Crippen molar-refractivity contribution in [1.29, 1.82) is 0 Å². The Kier molecular flexibility index (Phi) is 4.33. The van der Waals surface area contributed by atoms with Crippen LogP contribution in [0.3, 0.4) is 0 Å². The lowest BCUT2D eigenvalue weighted by Gasteiger charge is -2.16. The number of benzene rings is 1. The summed E-state index contributed by atoms with van der Waals surface area (Å²) in [5.41, 5.74) is 7.73. The van der Waals surface area contributed by atoms with Gasteiger partial charge < -0.3 is 10.6 Å². The van der Waals surface area contributed by atoms with E-state index >= 15 is 0 Å². The number of pyridine rings is 1. The van der Waals surface area contributed by atoms with Gasteiger partial charge in [0.05, 0.1) is 5.69 Å². The number of amides is 1. The number of carbonyl (C=O) groups is 1. The third-order valence-corrected chi connectivity index (χ3v) is 7.09. The van der Waals surface area contributed by atoms with E-state index in [1.165, 1.54) is 11.3 Å². The Morgan fingerprint density at radius 1 is 1.17 bits per heavy atom. The molecule has 2 N–H and O–H groups in total. The zero-order chi connectivity index (χ0) is 21.0. The Labute approximate surface area is 177 Å². The summed E-state index contributed by atoms with van der Waals surface area (Å²) in [6.07, 6.45) is -3.87. The van der Waals surface area contributed by atoms with Gasteiger partial charge in [-0.3, -0.25) is 4.79 Å². The van der Waals surface area contributed by atoms with Crippen molar-refractivity contribution in [2.75, 3.05) is 17.2 Å². The maximum Gasteiger partial charge on any atom is 0.433 e. The van der Waals surface area contributed by atoms with Crippen molar-refractivity contribution < 1.29 is 18.0 Å². The lowest BCUT2D eigenvalue weighted by molar-refractivity contribution is -0.140. The number of aromatic nitrogens is 1. The molecule has 152 valence electrons. The number of carbonyl (C=O) groups excluding carboxylic acids is 1. The van der Waals surface area contributed by atoms with Gasteiger partial charge in [-0.15, -0.1) is 22.7 Å². The summed E-state index contributed by atoms with van der Waals surface area (Å²) in [6, 6.07) is 12.1. The van der Waals surface area contributed by atoms with Gasteiger partial charge in [-0.25, -0.2) is 4.98 Å². The van der Waals surface area contributed by atoms with E-state index < -0.39 is 11.9 Å². The SMILES string of the molecule is Nc1c(C(=O)N2CCc3ccccc32)sc2nc(C(F)(F)F)cc(-c3cccs3)c12. The highest BCUT2D eigenvalue weighted by molar-refractivity contribution is 7.21. The molecule has 0 atom stereocenters. The molecule has 0 aliphatic carbocycles. The third kappa shape index (κ3) is 2.96. The van der Waals surface area contributed by atoms with Crippen molar-refractivity contribution in [2.45, 2.75) is 12.6 Å². The van der Waals surface area contributed by atoms with Crippen LogP contribution < -0.4 is 10.6 Å². The number of anilines is 2. The second kappa shape index (κ2) is 6.82. The summed E-state index contributed by atoms with van der Waals surface area (Å²) >= 11 is 2.22. The molecule has 0 bridgehead atoms. The van der Waals surface area contributed by atoms with Crippen molar-refractivity contribution in [3.63, 3.8) is 0 Å². The van der Waals surface area contributed by atoms with Gasteiger partial charge >= 0.3 is 6.18 Å². The number of thiophene rings is 2. The van der Waals surface area contributed by atoms with Crippen LogP contribution in [0.15, 0.2) is 47.8 Å². The number of alkyl halides is 3. The van der Waals surface area contributed by atoms with Gasteiger partial charge in [-0.2, -0.15) is 13.2 Å². The highest BCUT2D eigenvalue weighted by Crippen LogP contribution is 2.44. The maximum absolute atomic E-state index is 13.5. The van der Waals surface area contributed by atoms with E-state index in [2.05, 4.69) is 4.98 Å². The van der Waals surface area contributed by atoms with Gasteiger partial charge in [-0.05, 0) is 35.6 Å². The van der Waals surface area contributed by atoms with Crippen LogP contribution in [0.1, 0.15) is 20.9 Å². The van der Waals surface area contributed by atoms with E-state index in [9.17, 15) is 18.0 Å². The molecule has 1 aliphatic rings. The fraction of sp³-hybridized carbons (Fsp3) is 0.143. The monoisotopic (exact) mass is 445 g/mol. The van der Waals surface area contributed by atoms with E-state index in [0.29, 0.717) is 22.4 Å². The van der Waals surface area contributed by atoms with Crippen LogP contribution in [0.4, 0.5) is 24.5 Å². The first-order chi connectivity index (χ1) is 14.3. The van der Waals surface area contributed by atoms with Crippen LogP contribution in [0.2, 0.25) is 0 Å². The molecule has 1 aromatic carbocycles. The Bertz CT molecular complexity index is 1280. The van der Waals surface area contributed by atoms with Crippen molar-refractivity contribution in [3.8, 4) is 10.4 Å². The molecule has 1 aliphatic heterocycles. The van der Waals surface area contributed by atoms with Crippen LogP contribution in [-0.4, -0.2) is 17.4 Å². The first-order valence-corrected chi connectivity index (χ1v) is 10.8. The van der Waals surface area contributed by atoms with E-state index in [0.717, 1.165) is 35.1 Å². The summed E-state index contributed by atoms with van der Waals surface area (Å²) < 4.78 is 40.4. The standard InChI is InChI=1S/C21H14F3N3OS2/c22-21(23,24)15-10-12(14-6-3-9-29-14)16-17(25)18(30-19(16)26-15)20(28)27-8-7-11-4-1-2-5-13(11)27/h1-6,9-10H,7-8,25H2. The molecule has 4 heterocycles. The normalized spacial score (nSPS) is 13.8. The second-order valence-electron chi connectivity index (χ2n) is 6.89. The van der Waals surface area contributed by atoms with Crippen LogP contribution >= 0.6 is 22.7 Å². The Balaban J connectivity index is 1.69. The van der Waals surface area contributed by atoms with Gasteiger partial charge in [0.1, 0.15) is 15.4 Å². The van der Waals surface area contributed by atoms with Crippen LogP contribution in [0.25, 0.3) is 20.7 Å². The summed E-state index contributed by atoms with van der Waals surface area (Å²) in [5, 5.41) is 2.18. The van der Waals surface area contributed by atoms with E-state index in [4.69, 9.17) is 5.73 Å². The van der Waals surface area contributed by atoms with Gasteiger partial charge in [0.15, 0.2) is 0 Å². The van der Waals surface area contributed by atoms with E-state index in [1.54, 1.807) is 22.4 Å². The molecule has 0 saturated carbocycles. The maximum atomic E-state index is 13.5. The van der Waals surface area contributed by atoms with Gasteiger partial charge in [0.2, 0.25) is 0 Å². The minimum atomic E-state index is -4.60. The number of hydrogen-bond acceptors (Lipinski definition) is 5. The van der Waals surface area contributed by atoms with E-state index in [-0.39, 0.29) is 21.3 Å². The van der Waals surface area contributed by atoms with Gasteiger partial charge in [0.25, 0.3) is 5.91 Å². The van der Waals surface area contributed by atoms with Crippen molar-refractivity contribution >= 4 is 50.2 Å². The molecule has 5 rings (SSSR count). The van der Waals surface area contributed by atoms with E-state index in [1.807, 2.05) is 24.3 Å². The minimum absolute atomic E-state index is 0.113. The number of fused-ring (bicyclic) bond motifs is 2. The molecule has 4 aromatic rings. The van der Waals surface area contributed by atoms with Crippen molar-refractivity contribution in [2.24, 2.45) is 0 Å². The average molecular weight is 445 g/mol. The molecule has 30 heavy (non-hydrogen) atoms. The summed E-state index contributed by atoms with van der Waals surface area (Å²) in [5.74, 6) is -0.314. The van der Waals surface area contributed by atoms with Crippen LogP contribution in [-0.2, 0) is 12.6 Å². The summed E-state index contributed by atoms with van der Waals surface area (Å²) in [4.78, 5) is 19.7. The van der Waals surface area contributed by atoms with Crippen molar-refractivity contribution in [1.82, 2.24) is 4.98 Å². The van der Waals surface area contributed by atoms with Crippen LogP contribution in [0.5, 0.6) is 0 Å². The molecule has 0 saturated heterocycles. The molecule has 3 aromatic heterocycles. The predicted octanol–water partition coefficient (Wildman–Crippen LogP) is 5.83. The number of rotatable bonds is 2. The first kappa shape index (κ1) is 19.1. The highest BCUT2D eigenvalue weighted by Gasteiger charge is 2.35. The lowest BCUT2D eigenvalue weighted by atomic mass is 10.1. The number of halogens is 3. The fourth-order valence-corrected chi connectivity index (χ4v) is 5.54. The Hall–Kier alpha value is -2.91. The predicted molar refractivity (Wildman–Crippen MR) is 114 cm³/mol. The number of nitrogens with two attached hydrogens (primary N) is 1. The lowest BCUT2D eigenvalue weighted by Crippen LogP contribution is -2.28. The molecule has 1 amide bonds. The molecule has 4 nitrogen and oxygen atoms in total. The quantitative estimate of drug-likeness (QED) is 0.422. The number of para-hydroxylation sites is 1. The molecular weight excluding hydrogens is 431 g/mol. The molecule has 0 spiro atoms. The van der Waals surface area contributed by atoms with Gasteiger partial charge in [-0.1, -0.05) is 24.3 Å². The largest absolute Gasteiger partial charge is 0.433 e. The Morgan fingerprint density at radius 2 is 1.97 bits per heavy atom. The van der Waals surface area contributed by atoms with Crippen LogP contribution in [0, 0.1) is 0 Å². The molecule has 0 radical (unpaired) electrons. The first-order valence-electron chi connectivity index (χ1n) is 9.08. The smallest absolute Gasteiger partial charge is 0.397 e. The Morgan fingerprint density at radius 3 is 2.70 bits per heavy atom. The average Bonchev–Trinajstić information content (AvgIpc) is 3.45. The summed E-state index contributed by atoms with van der Waals surface area (Å²) in [7, 11) is 0. The summed E-state index contributed by atoms with van der Waals surface area (Å²) in [6.45, 7) is 0.505. The number of nitrogens with zero attached hydrogens (tertiary/aromatic N) is 2. The van der Waals surface area contributed by atoms with Crippen molar-refractivity contribution in [3.05, 3.63) is 64.0 Å². The van der Waals surface area contributed by atoms with Gasteiger partial charge in [0, 0.05) is 28.1 Å². The zero-order valence-electron chi connectivity index (χ0n) is 15.4. The number of nitrogen functional groups attached to an aromatic ring is 1. The molecule has 9 heteroatoms. The second-order valence-corrected chi connectivity index (χ2v) is 8.84. The molecule has 0 unspecified atom stereocenters. The third-order valence-electron chi connectivity index (χ3n) is 5.10. The fourth-order valence-electron chi connectivity index (χ4n) is 3.72. The minimum Gasteiger partial charge on any atom is -0.397 e. The molecular formula is C21H14F3N3OS2. The topological polar surface area (TPSA) is 59.2 Å². The highest BCUT2D eigenvalue weighted by atomic mass is 32.1.